The number of Topliss-reactive ketones (excluding diaryl/α,β-unsaturated/α-hetero) is 1. The summed E-state index contributed by atoms with van der Waals surface area (Å²) in [6.07, 6.45) is 9.42. The Balaban J connectivity index is 1.56. The SMILES string of the molecule is CC1=CC(C)(C)N2C(=O)C(=O)c3cc(OC(=O)CCC4CCCCC4)cc1c32. The maximum absolute atomic E-state index is 12.6. The molecule has 5 nitrogen and oxygen atoms in total. The summed E-state index contributed by atoms with van der Waals surface area (Å²) < 4.78 is 5.57. The molecule has 0 N–H and O–H groups in total. The normalized spacial score (nSPS) is 20.8. The van der Waals surface area contributed by atoms with Crippen LogP contribution in [0.25, 0.3) is 5.57 Å². The number of anilines is 1. The van der Waals surface area contributed by atoms with E-state index < -0.39 is 17.2 Å². The number of amides is 1. The lowest BCUT2D eigenvalue weighted by atomic mass is 9.86. The van der Waals surface area contributed by atoms with Gasteiger partial charge in [-0.3, -0.25) is 19.3 Å². The molecule has 0 bridgehead atoms. The maximum atomic E-state index is 12.6. The summed E-state index contributed by atoms with van der Waals surface area (Å²) in [7, 11) is 0. The van der Waals surface area contributed by atoms with Crippen LogP contribution in [0.3, 0.4) is 0 Å². The smallest absolute Gasteiger partial charge is 0.311 e. The summed E-state index contributed by atoms with van der Waals surface area (Å²) in [5.74, 6) is -0.372. The quantitative estimate of drug-likeness (QED) is 0.432. The summed E-state index contributed by atoms with van der Waals surface area (Å²) >= 11 is 0. The molecule has 1 aromatic rings. The molecule has 0 aromatic heterocycles. The summed E-state index contributed by atoms with van der Waals surface area (Å²) in [5.41, 5.74) is 2.17. The van der Waals surface area contributed by atoms with Crippen molar-refractivity contribution in [3.63, 3.8) is 0 Å². The second kappa shape index (κ2) is 6.87. The summed E-state index contributed by atoms with van der Waals surface area (Å²) in [4.78, 5) is 39.0. The highest BCUT2D eigenvalue weighted by Gasteiger charge is 2.47. The van der Waals surface area contributed by atoms with E-state index >= 15 is 0 Å². The number of hydrogen-bond acceptors (Lipinski definition) is 4. The van der Waals surface area contributed by atoms with Gasteiger partial charge < -0.3 is 4.74 Å². The largest absolute Gasteiger partial charge is 0.426 e. The Bertz CT molecular complexity index is 890. The molecule has 1 amide bonds. The van der Waals surface area contributed by atoms with E-state index in [0.717, 1.165) is 17.6 Å². The van der Waals surface area contributed by atoms with E-state index in [1.165, 1.54) is 32.1 Å². The van der Waals surface area contributed by atoms with E-state index in [1.54, 1.807) is 17.0 Å². The Morgan fingerprint density at radius 2 is 1.82 bits per heavy atom. The minimum atomic E-state index is -0.562. The third kappa shape index (κ3) is 3.17. The van der Waals surface area contributed by atoms with E-state index in [-0.39, 0.29) is 5.97 Å². The van der Waals surface area contributed by atoms with Gasteiger partial charge in [0.05, 0.1) is 16.8 Å². The number of nitrogens with zero attached hydrogens (tertiary/aromatic N) is 1. The number of ketones is 1. The van der Waals surface area contributed by atoms with Crippen LogP contribution in [0.15, 0.2) is 18.2 Å². The van der Waals surface area contributed by atoms with Crippen molar-refractivity contribution >= 4 is 28.9 Å². The van der Waals surface area contributed by atoms with Crippen LogP contribution in [0.2, 0.25) is 0 Å². The highest BCUT2D eigenvalue weighted by Crippen LogP contribution is 2.46. The molecule has 0 unspecified atom stereocenters. The molecule has 2 aliphatic heterocycles. The number of allylic oxidation sites excluding steroid dienone is 1. The summed E-state index contributed by atoms with van der Waals surface area (Å²) in [6, 6.07) is 3.32. The predicted molar refractivity (Wildman–Crippen MR) is 107 cm³/mol. The van der Waals surface area contributed by atoms with E-state index in [9.17, 15) is 14.4 Å². The first-order valence-corrected chi connectivity index (χ1v) is 10.3. The fourth-order valence-corrected chi connectivity index (χ4v) is 4.90. The van der Waals surface area contributed by atoms with E-state index in [4.69, 9.17) is 4.74 Å². The number of benzene rings is 1. The minimum absolute atomic E-state index is 0.274. The average molecular weight is 381 g/mol. The van der Waals surface area contributed by atoms with Gasteiger partial charge in [0.2, 0.25) is 0 Å². The summed E-state index contributed by atoms with van der Waals surface area (Å²) in [6.45, 7) is 5.79. The molecule has 4 rings (SSSR count). The second-order valence-electron chi connectivity index (χ2n) is 8.83. The van der Waals surface area contributed by atoms with Gasteiger partial charge >= 0.3 is 5.97 Å². The Morgan fingerprint density at radius 1 is 1.14 bits per heavy atom. The van der Waals surface area contributed by atoms with E-state index in [2.05, 4.69) is 0 Å². The van der Waals surface area contributed by atoms with Crippen LogP contribution < -0.4 is 9.64 Å². The van der Waals surface area contributed by atoms with Crippen LogP contribution in [0.5, 0.6) is 5.75 Å². The van der Waals surface area contributed by atoms with Crippen molar-refractivity contribution in [3.05, 3.63) is 29.3 Å². The molecule has 1 aliphatic carbocycles. The third-order valence-electron chi connectivity index (χ3n) is 6.23. The molecule has 0 atom stereocenters. The Labute approximate surface area is 165 Å². The maximum Gasteiger partial charge on any atom is 0.311 e. The molecule has 148 valence electrons. The van der Waals surface area contributed by atoms with Crippen molar-refractivity contribution in [1.82, 2.24) is 0 Å². The standard InChI is InChI=1S/C23H27NO4/c1-14-13-23(2,3)24-20-17(14)11-16(12-18(20)21(26)22(24)27)28-19(25)10-9-15-7-5-4-6-8-15/h11-13,15H,4-10H2,1-3H3. The Kier molecular flexibility index (Phi) is 4.64. The van der Waals surface area contributed by atoms with Crippen LogP contribution in [0.4, 0.5) is 5.69 Å². The van der Waals surface area contributed by atoms with Crippen LogP contribution in [-0.4, -0.2) is 23.2 Å². The molecule has 0 saturated heterocycles. The van der Waals surface area contributed by atoms with Gasteiger partial charge in [-0.05, 0) is 50.8 Å². The van der Waals surface area contributed by atoms with Gasteiger partial charge in [0.1, 0.15) is 5.75 Å². The molecular weight excluding hydrogens is 354 g/mol. The van der Waals surface area contributed by atoms with Gasteiger partial charge in [-0.2, -0.15) is 0 Å². The fraction of sp³-hybridized carbons (Fsp3) is 0.522. The van der Waals surface area contributed by atoms with Gasteiger partial charge in [-0.25, -0.2) is 0 Å². The number of esters is 1. The monoisotopic (exact) mass is 381 g/mol. The molecule has 0 radical (unpaired) electrons. The molecule has 1 fully saturated rings. The van der Waals surface area contributed by atoms with Crippen molar-refractivity contribution in [1.29, 1.82) is 0 Å². The van der Waals surface area contributed by atoms with Gasteiger partial charge in [0.25, 0.3) is 11.7 Å². The molecule has 28 heavy (non-hydrogen) atoms. The number of carbonyl (C=O) groups is 3. The Hall–Kier alpha value is -2.43. The van der Waals surface area contributed by atoms with Crippen molar-refractivity contribution in [2.24, 2.45) is 5.92 Å². The minimum Gasteiger partial charge on any atom is -0.426 e. The molecule has 2 heterocycles. The van der Waals surface area contributed by atoms with Crippen molar-refractivity contribution in [2.45, 2.75) is 71.3 Å². The molecular formula is C23H27NO4. The van der Waals surface area contributed by atoms with Crippen molar-refractivity contribution in [3.8, 4) is 5.75 Å². The third-order valence-corrected chi connectivity index (χ3v) is 6.23. The number of rotatable bonds is 4. The zero-order chi connectivity index (χ0) is 20.1. The average Bonchev–Trinajstić information content (AvgIpc) is 2.91. The Morgan fingerprint density at radius 3 is 2.54 bits per heavy atom. The zero-order valence-corrected chi connectivity index (χ0v) is 16.8. The molecule has 0 spiro atoms. The first kappa shape index (κ1) is 18.9. The second-order valence-corrected chi connectivity index (χ2v) is 8.83. The number of carbonyl (C=O) groups excluding carboxylic acids is 3. The van der Waals surface area contributed by atoms with E-state index in [0.29, 0.717) is 29.3 Å². The molecule has 1 aromatic carbocycles. The van der Waals surface area contributed by atoms with Crippen molar-refractivity contribution < 1.29 is 19.1 Å². The molecule has 3 aliphatic rings. The van der Waals surface area contributed by atoms with Crippen molar-refractivity contribution in [2.75, 3.05) is 4.90 Å². The molecule has 5 heteroatoms. The van der Waals surface area contributed by atoms with Gasteiger partial charge in [-0.15, -0.1) is 0 Å². The van der Waals surface area contributed by atoms with Crippen LogP contribution in [0, 0.1) is 5.92 Å². The van der Waals surface area contributed by atoms with E-state index in [1.807, 2.05) is 26.8 Å². The van der Waals surface area contributed by atoms with Crippen LogP contribution >= 0.6 is 0 Å². The summed E-state index contributed by atoms with van der Waals surface area (Å²) in [5, 5.41) is 0. The number of ether oxygens (including phenoxy) is 1. The highest BCUT2D eigenvalue weighted by molar-refractivity contribution is 6.53. The van der Waals surface area contributed by atoms with Gasteiger partial charge in [0, 0.05) is 12.0 Å². The highest BCUT2D eigenvalue weighted by atomic mass is 16.5. The van der Waals surface area contributed by atoms with Gasteiger partial charge in [0.15, 0.2) is 0 Å². The lowest BCUT2D eigenvalue weighted by molar-refractivity contribution is -0.134. The molecule has 1 saturated carbocycles. The first-order chi connectivity index (χ1) is 13.3. The lowest BCUT2D eigenvalue weighted by Gasteiger charge is -2.38. The lowest BCUT2D eigenvalue weighted by Crippen LogP contribution is -2.47. The first-order valence-electron chi connectivity index (χ1n) is 10.3. The number of hydrogen-bond donors (Lipinski definition) is 0. The zero-order valence-electron chi connectivity index (χ0n) is 16.8. The fourth-order valence-electron chi connectivity index (χ4n) is 4.90. The van der Waals surface area contributed by atoms with Gasteiger partial charge in [-0.1, -0.05) is 38.2 Å². The predicted octanol–water partition coefficient (Wildman–Crippen LogP) is 4.68. The van der Waals surface area contributed by atoms with Crippen LogP contribution in [-0.2, 0) is 9.59 Å². The topological polar surface area (TPSA) is 63.7 Å². The van der Waals surface area contributed by atoms with Crippen LogP contribution in [0.1, 0.15) is 81.6 Å².